The number of pyridine rings is 1. The van der Waals surface area contributed by atoms with Gasteiger partial charge in [-0.3, -0.25) is 9.59 Å². The third kappa shape index (κ3) is 6.30. The van der Waals surface area contributed by atoms with Gasteiger partial charge in [-0.15, -0.1) is 11.3 Å². The lowest BCUT2D eigenvalue weighted by Crippen LogP contribution is -2.42. The van der Waals surface area contributed by atoms with E-state index in [-0.39, 0.29) is 46.8 Å². The Morgan fingerprint density at radius 2 is 2.05 bits per heavy atom. The fourth-order valence-electron chi connectivity index (χ4n) is 4.54. The number of carbonyl (C=O) groups is 2. The molecule has 214 valence electrons. The number of rotatable bonds is 8. The lowest BCUT2D eigenvalue weighted by Gasteiger charge is -2.22. The van der Waals surface area contributed by atoms with Gasteiger partial charge in [0, 0.05) is 29.9 Å². The summed E-state index contributed by atoms with van der Waals surface area (Å²) in [5, 5.41) is 14.5. The Balaban J connectivity index is 1.74. The molecule has 4 atom stereocenters. The van der Waals surface area contributed by atoms with Crippen LogP contribution in [0.4, 0.5) is 27.8 Å². The fourth-order valence-corrected chi connectivity index (χ4v) is 5.53. The zero-order valence-electron chi connectivity index (χ0n) is 21.1. The van der Waals surface area contributed by atoms with Crippen LogP contribution in [0.25, 0.3) is 10.4 Å². The Morgan fingerprint density at radius 3 is 2.62 bits per heavy atom. The molecule has 0 spiro atoms. The van der Waals surface area contributed by atoms with Crippen LogP contribution < -0.4 is 10.6 Å². The fraction of sp³-hybridized carbons (Fsp3) is 0.583. The van der Waals surface area contributed by atoms with Crippen molar-refractivity contribution in [2.24, 2.45) is 0 Å². The van der Waals surface area contributed by atoms with Crippen LogP contribution in [0.15, 0.2) is 12.3 Å². The van der Waals surface area contributed by atoms with Crippen molar-refractivity contribution in [2.45, 2.75) is 69.9 Å². The highest BCUT2D eigenvalue weighted by molar-refractivity contribution is 7.17. The van der Waals surface area contributed by atoms with E-state index < -0.39 is 54.0 Å². The van der Waals surface area contributed by atoms with Gasteiger partial charge in [0.2, 0.25) is 0 Å². The predicted octanol–water partition coefficient (Wildman–Crippen LogP) is 4.01. The molecule has 9 nitrogen and oxygen atoms in total. The number of halogens is 5. The van der Waals surface area contributed by atoms with Crippen LogP contribution in [-0.2, 0) is 4.74 Å². The van der Waals surface area contributed by atoms with Crippen molar-refractivity contribution in [3.63, 3.8) is 0 Å². The molecule has 4 rings (SSSR count). The first-order valence-corrected chi connectivity index (χ1v) is 13.2. The smallest absolute Gasteiger partial charge is 0.388 e. The van der Waals surface area contributed by atoms with Crippen molar-refractivity contribution in [1.82, 2.24) is 20.2 Å². The number of nitrogens with one attached hydrogen (secondary N) is 2. The van der Waals surface area contributed by atoms with Crippen LogP contribution in [0.5, 0.6) is 0 Å². The molecule has 15 heteroatoms. The highest BCUT2D eigenvalue weighted by Crippen LogP contribution is 2.39. The Kier molecular flexibility index (Phi) is 8.71. The summed E-state index contributed by atoms with van der Waals surface area (Å²) in [5.41, 5.74) is -1.11. The van der Waals surface area contributed by atoms with E-state index in [0.717, 1.165) is 25.1 Å². The van der Waals surface area contributed by atoms with Gasteiger partial charge in [0.15, 0.2) is 5.01 Å². The monoisotopic (exact) mass is 577 g/mol. The average molecular weight is 578 g/mol. The summed E-state index contributed by atoms with van der Waals surface area (Å²) in [6, 6.07) is -2.04. The maximum Gasteiger partial charge on any atom is 0.408 e. The lowest BCUT2D eigenvalue weighted by atomic mass is 10.1. The molecule has 4 heterocycles. The number of amides is 2. The minimum atomic E-state index is -4.62. The quantitative estimate of drug-likeness (QED) is 0.406. The maximum atomic E-state index is 14.2. The van der Waals surface area contributed by atoms with Crippen molar-refractivity contribution < 1.29 is 41.4 Å². The number of hydrogen-bond donors (Lipinski definition) is 3. The maximum absolute atomic E-state index is 14.2. The second kappa shape index (κ2) is 11.7. The number of aromatic nitrogens is 2. The van der Waals surface area contributed by atoms with Crippen LogP contribution in [0.3, 0.4) is 0 Å². The number of nitrogens with zero attached hydrogens (tertiary/aromatic N) is 3. The summed E-state index contributed by atoms with van der Waals surface area (Å²) in [6.45, 7) is 3.64. The number of likely N-dealkylation sites (tertiary alicyclic amines) is 1. The third-order valence-corrected chi connectivity index (χ3v) is 7.83. The normalized spacial score (nSPS) is 22.4. The summed E-state index contributed by atoms with van der Waals surface area (Å²) in [4.78, 5) is 36.0. The summed E-state index contributed by atoms with van der Waals surface area (Å²) < 4.78 is 73.2. The molecule has 2 amide bonds. The van der Waals surface area contributed by atoms with E-state index in [2.05, 4.69) is 20.6 Å². The van der Waals surface area contributed by atoms with E-state index in [4.69, 9.17) is 4.74 Å². The number of aliphatic hydroxyl groups excluding tert-OH is 1. The predicted molar refractivity (Wildman–Crippen MR) is 132 cm³/mol. The average Bonchev–Trinajstić information content (AvgIpc) is 3.61. The Labute approximate surface area is 224 Å². The third-order valence-electron chi connectivity index (χ3n) is 6.75. The van der Waals surface area contributed by atoms with Gasteiger partial charge in [-0.2, -0.15) is 13.2 Å². The van der Waals surface area contributed by atoms with Crippen LogP contribution in [-0.4, -0.2) is 82.0 Å². The van der Waals surface area contributed by atoms with E-state index in [9.17, 15) is 36.6 Å². The number of aliphatic hydroxyl groups is 1. The molecule has 0 saturated carbocycles. The molecule has 0 aromatic carbocycles. The number of ether oxygens (including phenoxy) is 1. The van der Waals surface area contributed by atoms with Crippen molar-refractivity contribution >= 4 is 29.0 Å². The minimum Gasteiger partial charge on any atom is -0.388 e. The standard InChI is InChI=1S/C24H28F5N5O4S/c1-3-16(24(27,28)29)32-17-7-12(20(25)26)13(8-30-17)19-18(23(37)34-6-4-5-11(34)2)33-22(39-19)21(36)31-14-9-38-10-15(14)35/h7-8,11,14-16,20,35H,3-6,9-10H2,1-2H3,(H,30,32)(H,31,36)/t11-,14+,15-,16?/m0/s1. The molecule has 39 heavy (non-hydrogen) atoms. The lowest BCUT2D eigenvalue weighted by molar-refractivity contribution is -0.142. The van der Waals surface area contributed by atoms with Gasteiger partial charge in [0.1, 0.15) is 17.6 Å². The van der Waals surface area contributed by atoms with Crippen LogP contribution in [0.2, 0.25) is 0 Å². The highest BCUT2D eigenvalue weighted by atomic mass is 32.1. The van der Waals surface area contributed by atoms with Crippen molar-refractivity contribution in [3.05, 3.63) is 28.5 Å². The molecule has 2 saturated heterocycles. The molecule has 2 aliphatic heterocycles. The number of hydrogen-bond acceptors (Lipinski definition) is 8. The van der Waals surface area contributed by atoms with Crippen molar-refractivity contribution in [3.8, 4) is 10.4 Å². The first-order valence-electron chi connectivity index (χ1n) is 12.4. The van der Waals surface area contributed by atoms with Gasteiger partial charge < -0.3 is 25.4 Å². The zero-order chi connectivity index (χ0) is 28.5. The molecule has 0 bridgehead atoms. The first kappa shape index (κ1) is 29.1. The van der Waals surface area contributed by atoms with E-state index in [0.29, 0.717) is 17.9 Å². The number of carbonyl (C=O) groups excluding carboxylic acids is 2. The second-order valence-corrected chi connectivity index (χ2v) is 10.5. The van der Waals surface area contributed by atoms with Gasteiger partial charge in [-0.05, 0) is 32.3 Å². The first-order chi connectivity index (χ1) is 18.4. The summed E-state index contributed by atoms with van der Waals surface area (Å²) in [7, 11) is 0. The van der Waals surface area contributed by atoms with E-state index in [1.54, 1.807) is 0 Å². The molecule has 3 N–H and O–H groups in total. The van der Waals surface area contributed by atoms with E-state index in [1.165, 1.54) is 11.8 Å². The zero-order valence-corrected chi connectivity index (χ0v) is 21.9. The molecule has 2 aromatic heterocycles. The number of thiazole rings is 1. The van der Waals surface area contributed by atoms with Gasteiger partial charge in [-0.25, -0.2) is 18.7 Å². The van der Waals surface area contributed by atoms with Crippen LogP contribution in [0.1, 0.15) is 65.4 Å². The van der Waals surface area contributed by atoms with E-state index >= 15 is 0 Å². The van der Waals surface area contributed by atoms with Crippen molar-refractivity contribution in [2.75, 3.05) is 25.1 Å². The Morgan fingerprint density at radius 1 is 1.31 bits per heavy atom. The molecule has 0 aliphatic carbocycles. The van der Waals surface area contributed by atoms with Crippen LogP contribution >= 0.6 is 11.3 Å². The second-order valence-electron chi connectivity index (χ2n) is 9.48. The van der Waals surface area contributed by atoms with Gasteiger partial charge >= 0.3 is 6.18 Å². The van der Waals surface area contributed by atoms with Gasteiger partial charge in [-0.1, -0.05) is 6.92 Å². The molecule has 2 aromatic rings. The summed E-state index contributed by atoms with van der Waals surface area (Å²) in [6.07, 6.45) is -6.61. The number of anilines is 1. The molecule has 2 fully saturated rings. The van der Waals surface area contributed by atoms with Gasteiger partial charge in [0.25, 0.3) is 18.2 Å². The Hall–Kier alpha value is -2.91. The molecule has 2 aliphatic rings. The van der Waals surface area contributed by atoms with Crippen LogP contribution in [0, 0.1) is 0 Å². The highest BCUT2D eigenvalue weighted by Gasteiger charge is 2.39. The van der Waals surface area contributed by atoms with E-state index in [1.807, 2.05) is 6.92 Å². The number of alkyl halides is 5. The SMILES string of the molecule is CCC(Nc1cc(C(F)F)c(-c2sc(C(=O)N[C@@H]3COC[C@@H]3O)nc2C(=O)N2CCC[C@@H]2C)cn1)C(F)(F)F. The largest absolute Gasteiger partial charge is 0.408 e. The summed E-state index contributed by atoms with van der Waals surface area (Å²) >= 11 is 0.687. The molecule has 0 radical (unpaired) electrons. The molecular weight excluding hydrogens is 549 g/mol. The Bertz CT molecular complexity index is 1210. The van der Waals surface area contributed by atoms with Gasteiger partial charge in [0.05, 0.1) is 30.2 Å². The minimum absolute atomic E-state index is 0.0294. The molecule has 1 unspecified atom stereocenters. The van der Waals surface area contributed by atoms with Crippen molar-refractivity contribution in [1.29, 1.82) is 0 Å². The molecular formula is C24H28F5N5O4S. The summed E-state index contributed by atoms with van der Waals surface area (Å²) in [5.74, 6) is -1.69. The topological polar surface area (TPSA) is 117 Å².